The molecule has 3 atom stereocenters. The van der Waals surface area contributed by atoms with Crippen molar-refractivity contribution in [1.82, 2.24) is 4.90 Å². The predicted octanol–water partition coefficient (Wildman–Crippen LogP) is 1.21. The highest BCUT2D eigenvalue weighted by molar-refractivity contribution is 5.12. The molecule has 0 aromatic heterocycles. The van der Waals surface area contributed by atoms with E-state index in [0.717, 1.165) is 13.1 Å². The molecule has 0 amide bonds. The van der Waals surface area contributed by atoms with E-state index in [0.29, 0.717) is 23.9 Å². The Bertz CT molecular complexity index is 277. The van der Waals surface area contributed by atoms with Crippen molar-refractivity contribution in [2.45, 2.75) is 32.7 Å². The summed E-state index contributed by atoms with van der Waals surface area (Å²) in [6, 6.07) is 2.93. The molecule has 3 heteroatoms. The molecule has 84 valence electrons. The number of piperidine rings is 1. The average molecular weight is 207 g/mol. The Labute approximate surface area is 92.2 Å². The van der Waals surface area contributed by atoms with E-state index in [1.807, 2.05) is 0 Å². The Kier molecular flexibility index (Phi) is 2.74. The highest BCUT2D eigenvalue weighted by atomic mass is 15.2. The van der Waals surface area contributed by atoms with E-state index in [2.05, 4.69) is 24.8 Å². The summed E-state index contributed by atoms with van der Waals surface area (Å²) in [7, 11) is 0. The Morgan fingerprint density at radius 2 is 2.20 bits per heavy atom. The molecule has 2 rings (SSSR count). The van der Waals surface area contributed by atoms with E-state index >= 15 is 0 Å². The van der Waals surface area contributed by atoms with Crippen molar-refractivity contribution in [3.8, 4) is 6.07 Å². The van der Waals surface area contributed by atoms with Crippen molar-refractivity contribution in [1.29, 1.82) is 5.26 Å². The van der Waals surface area contributed by atoms with Crippen LogP contribution in [0.2, 0.25) is 0 Å². The number of hydrogen-bond acceptors (Lipinski definition) is 3. The summed E-state index contributed by atoms with van der Waals surface area (Å²) in [5, 5.41) is 9.25. The fourth-order valence-corrected chi connectivity index (χ4v) is 3.03. The maximum absolute atomic E-state index is 9.25. The molecular formula is C12H21N3. The number of hydrogen-bond donors (Lipinski definition) is 1. The zero-order chi connectivity index (χ0) is 11.1. The summed E-state index contributed by atoms with van der Waals surface area (Å²) in [5.74, 6) is 0.889. The van der Waals surface area contributed by atoms with Crippen molar-refractivity contribution >= 4 is 0 Å². The molecule has 1 spiro atoms. The van der Waals surface area contributed by atoms with Crippen LogP contribution in [0, 0.1) is 28.6 Å². The number of nitrogens with zero attached hydrogens (tertiary/aromatic N) is 2. The second-order valence-electron chi connectivity index (χ2n) is 5.35. The topological polar surface area (TPSA) is 53.0 Å². The van der Waals surface area contributed by atoms with Crippen molar-refractivity contribution in [3.05, 3.63) is 0 Å². The van der Waals surface area contributed by atoms with Crippen molar-refractivity contribution in [2.75, 3.05) is 19.6 Å². The standard InChI is InChI=1S/C12H21N3/c1-9-7-15(10(2)5-13)8-11(6-14)12(9)3-4-12/h9-11H,3-5,7-8,13H2,1-2H3. The van der Waals surface area contributed by atoms with E-state index in [9.17, 15) is 5.26 Å². The smallest absolute Gasteiger partial charge is 0.0675 e. The average Bonchev–Trinajstić information content (AvgIpc) is 3.02. The monoisotopic (exact) mass is 207 g/mol. The second kappa shape index (κ2) is 3.77. The quantitative estimate of drug-likeness (QED) is 0.740. The molecule has 0 radical (unpaired) electrons. The molecule has 3 nitrogen and oxygen atoms in total. The minimum absolute atomic E-state index is 0.232. The van der Waals surface area contributed by atoms with E-state index in [1.165, 1.54) is 12.8 Å². The molecule has 0 bridgehead atoms. The molecule has 0 aromatic rings. The largest absolute Gasteiger partial charge is 0.329 e. The molecule has 0 aromatic carbocycles. The maximum atomic E-state index is 9.25. The molecular weight excluding hydrogens is 186 g/mol. The van der Waals surface area contributed by atoms with E-state index in [-0.39, 0.29) is 5.92 Å². The predicted molar refractivity (Wildman–Crippen MR) is 60.0 cm³/mol. The number of nitriles is 1. The molecule has 1 saturated heterocycles. The lowest BCUT2D eigenvalue weighted by Crippen LogP contribution is -2.51. The maximum Gasteiger partial charge on any atom is 0.0675 e. The van der Waals surface area contributed by atoms with Crippen molar-refractivity contribution < 1.29 is 0 Å². The van der Waals surface area contributed by atoms with Crippen LogP contribution in [-0.4, -0.2) is 30.6 Å². The van der Waals surface area contributed by atoms with Crippen LogP contribution in [0.5, 0.6) is 0 Å². The highest BCUT2D eigenvalue weighted by Crippen LogP contribution is 2.59. The summed E-state index contributed by atoms with van der Waals surface area (Å²) in [6.07, 6.45) is 2.52. The van der Waals surface area contributed by atoms with Crippen molar-refractivity contribution in [3.63, 3.8) is 0 Å². The first-order chi connectivity index (χ1) is 7.14. The van der Waals surface area contributed by atoms with Crippen LogP contribution in [0.1, 0.15) is 26.7 Å². The molecule has 1 saturated carbocycles. The third-order valence-electron chi connectivity index (χ3n) is 4.55. The Morgan fingerprint density at radius 1 is 1.53 bits per heavy atom. The molecule has 2 N–H and O–H groups in total. The molecule has 2 aliphatic rings. The lowest BCUT2D eigenvalue weighted by molar-refractivity contribution is 0.0550. The molecule has 1 aliphatic carbocycles. The number of rotatable bonds is 2. The van der Waals surface area contributed by atoms with Gasteiger partial charge in [-0.2, -0.15) is 5.26 Å². The van der Waals surface area contributed by atoms with Gasteiger partial charge in [-0.15, -0.1) is 0 Å². The second-order valence-corrected chi connectivity index (χ2v) is 5.35. The van der Waals surface area contributed by atoms with Gasteiger partial charge in [-0.25, -0.2) is 0 Å². The zero-order valence-electron chi connectivity index (χ0n) is 9.74. The van der Waals surface area contributed by atoms with E-state index < -0.39 is 0 Å². The summed E-state index contributed by atoms with van der Waals surface area (Å²) in [5.41, 5.74) is 6.07. The zero-order valence-corrected chi connectivity index (χ0v) is 9.74. The van der Waals surface area contributed by atoms with Crippen LogP contribution in [-0.2, 0) is 0 Å². The summed E-state index contributed by atoms with van der Waals surface area (Å²) >= 11 is 0. The first-order valence-corrected chi connectivity index (χ1v) is 5.98. The molecule has 3 unspecified atom stereocenters. The van der Waals surface area contributed by atoms with Gasteiger partial charge in [0.15, 0.2) is 0 Å². The van der Waals surface area contributed by atoms with Gasteiger partial charge in [-0.05, 0) is 31.1 Å². The first-order valence-electron chi connectivity index (χ1n) is 5.98. The Hall–Kier alpha value is -0.590. The molecule has 1 aliphatic heterocycles. The molecule has 1 heterocycles. The fraction of sp³-hybridized carbons (Fsp3) is 0.917. The van der Waals surface area contributed by atoms with Crippen LogP contribution >= 0.6 is 0 Å². The molecule has 15 heavy (non-hydrogen) atoms. The summed E-state index contributed by atoms with van der Waals surface area (Å²) < 4.78 is 0. The normalized spacial score (nSPS) is 36.1. The van der Waals surface area contributed by atoms with Gasteiger partial charge in [0.1, 0.15) is 0 Å². The van der Waals surface area contributed by atoms with Crippen LogP contribution in [0.4, 0.5) is 0 Å². The fourth-order valence-electron chi connectivity index (χ4n) is 3.03. The summed E-state index contributed by atoms with van der Waals surface area (Å²) in [4.78, 5) is 2.39. The number of likely N-dealkylation sites (tertiary alicyclic amines) is 1. The van der Waals surface area contributed by atoms with Gasteiger partial charge in [0.05, 0.1) is 12.0 Å². The first kappa shape index (κ1) is 10.9. The van der Waals surface area contributed by atoms with Gasteiger partial charge in [0.25, 0.3) is 0 Å². The van der Waals surface area contributed by atoms with Gasteiger partial charge >= 0.3 is 0 Å². The van der Waals surface area contributed by atoms with Crippen LogP contribution in [0.3, 0.4) is 0 Å². The lowest BCUT2D eigenvalue weighted by atomic mass is 9.75. The van der Waals surface area contributed by atoms with E-state index in [1.54, 1.807) is 0 Å². The third-order valence-corrected chi connectivity index (χ3v) is 4.55. The minimum Gasteiger partial charge on any atom is -0.329 e. The third kappa shape index (κ3) is 1.66. The Balaban J connectivity index is 2.08. The highest BCUT2D eigenvalue weighted by Gasteiger charge is 2.56. The van der Waals surface area contributed by atoms with Crippen LogP contribution < -0.4 is 5.73 Å². The number of nitrogens with two attached hydrogens (primary N) is 1. The minimum atomic E-state index is 0.232. The van der Waals surface area contributed by atoms with Crippen LogP contribution in [0.15, 0.2) is 0 Å². The van der Waals surface area contributed by atoms with Crippen molar-refractivity contribution in [2.24, 2.45) is 23.0 Å². The van der Waals surface area contributed by atoms with Gasteiger partial charge in [0, 0.05) is 25.7 Å². The van der Waals surface area contributed by atoms with Gasteiger partial charge < -0.3 is 5.73 Å². The van der Waals surface area contributed by atoms with E-state index in [4.69, 9.17) is 5.73 Å². The van der Waals surface area contributed by atoms with Crippen LogP contribution in [0.25, 0.3) is 0 Å². The lowest BCUT2D eigenvalue weighted by Gasteiger charge is -2.43. The molecule has 2 fully saturated rings. The SMILES string of the molecule is CC(CN)N1CC(C)C2(CC2)C(C#N)C1. The van der Waals surface area contributed by atoms with Gasteiger partial charge in [0.2, 0.25) is 0 Å². The van der Waals surface area contributed by atoms with Gasteiger partial charge in [-0.3, -0.25) is 4.90 Å². The van der Waals surface area contributed by atoms with Gasteiger partial charge in [-0.1, -0.05) is 6.92 Å². The summed E-state index contributed by atoms with van der Waals surface area (Å²) in [6.45, 7) is 7.20. The Morgan fingerprint density at radius 3 is 2.67 bits per heavy atom.